The number of piperidine rings is 1. The summed E-state index contributed by atoms with van der Waals surface area (Å²) in [5, 5.41) is 9.16. The largest absolute Gasteiger partial charge is 0.511 e. The van der Waals surface area contributed by atoms with Crippen molar-refractivity contribution in [2.75, 3.05) is 31.6 Å². The predicted octanol–water partition coefficient (Wildman–Crippen LogP) is 5.57. The molecule has 1 aliphatic carbocycles. The first-order valence-corrected chi connectivity index (χ1v) is 13.7. The van der Waals surface area contributed by atoms with Gasteiger partial charge < -0.3 is 19.5 Å². The van der Waals surface area contributed by atoms with Gasteiger partial charge in [-0.15, -0.1) is 0 Å². The molecule has 5 rings (SSSR count). The van der Waals surface area contributed by atoms with Crippen LogP contribution < -0.4 is 14.4 Å². The summed E-state index contributed by atoms with van der Waals surface area (Å²) in [6.45, 7) is 2.31. The Morgan fingerprint density at radius 2 is 1.81 bits per heavy atom. The van der Waals surface area contributed by atoms with Gasteiger partial charge in [-0.1, -0.05) is 25.7 Å². The zero-order chi connectivity index (χ0) is 25.8. The van der Waals surface area contributed by atoms with Gasteiger partial charge in [-0.2, -0.15) is 0 Å². The zero-order valence-electron chi connectivity index (χ0n) is 21.7. The van der Waals surface area contributed by atoms with Crippen LogP contribution in [0.15, 0.2) is 42.7 Å². The number of fused-ring (bicyclic) bond motifs is 1. The molecular formula is C29H38N3O5+. The van der Waals surface area contributed by atoms with Crippen molar-refractivity contribution in [2.45, 2.75) is 69.9 Å². The zero-order valence-corrected chi connectivity index (χ0v) is 21.7. The molecule has 8 nitrogen and oxygen atoms in total. The Hall–Kier alpha value is -3.13. The molecule has 1 aromatic heterocycles. The second-order valence-electron chi connectivity index (χ2n) is 10.9. The molecule has 37 heavy (non-hydrogen) atoms. The first-order valence-electron chi connectivity index (χ1n) is 13.7. The fourth-order valence-corrected chi connectivity index (χ4v) is 6.79. The number of rotatable bonds is 7. The third kappa shape index (κ3) is 5.44. The number of aromatic nitrogens is 1. The summed E-state index contributed by atoms with van der Waals surface area (Å²) in [7, 11) is 2.12. The van der Waals surface area contributed by atoms with E-state index in [1.54, 1.807) is 18.2 Å². The number of benzene rings is 1. The molecule has 3 aliphatic rings. The second-order valence-corrected chi connectivity index (χ2v) is 10.9. The highest BCUT2D eigenvalue weighted by Crippen LogP contribution is 2.45. The number of hydrogen-bond donors (Lipinski definition) is 1. The first-order chi connectivity index (χ1) is 17.9. The number of hydrogen-bond acceptors (Lipinski definition) is 6. The van der Waals surface area contributed by atoms with E-state index in [4.69, 9.17) is 14.6 Å². The Balaban J connectivity index is 1.43. The molecule has 1 amide bonds. The van der Waals surface area contributed by atoms with Crippen LogP contribution in [-0.4, -0.2) is 59.4 Å². The minimum Gasteiger partial charge on any atom is -0.493 e. The van der Waals surface area contributed by atoms with E-state index < -0.39 is 6.16 Å². The lowest BCUT2D eigenvalue weighted by molar-refractivity contribution is -0.893. The second kappa shape index (κ2) is 11.1. The minimum atomic E-state index is -1.35. The van der Waals surface area contributed by atoms with Gasteiger partial charge >= 0.3 is 12.1 Å². The fourth-order valence-electron chi connectivity index (χ4n) is 6.79. The van der Waals surface area contributed by atoms with Crippen molar-refractivity contribution in [3.63, 3.8) is 0 Å². The number of ether oxygens (including phenoxy) is 2. The molecule has 0 radical (unpaired) electrons. The molecule has 2 fully saturated rings. The molecule has 0 spiro atoms. The van der Waals surface area contributed by atoms with Gasteiger partial charge in [0.15, 0.2) is 0 Å². The Morgan fingerprint density at radius 1 is 1.08 bits per heavy atom. The maximum atomic E-state index is 14.2. The van der Waals surface area contributed by atoms with E-state index in [-0.39, 0.29) is 23.7 Å². The van der Waals surface area contributed by atoms with Crippen molar-refractivity contribution in [3.05, 3.63) is 48.3 Å². The molecule has 3 heterocycles. The third-order valence-corrected chi connectivity index (χ3v) is 8.87. The summed E-state index contributed by atoms with van der Waals surface area (Å²) in [4.78, 5) is 32.0. The third-order valence-electron chi connectivity index (χ3n) is 8.87. The molecule has 2 atom stereocenters. The SMILES string of the molecule is C[N+](C(=O)CCC1CCCC1)(C1CCN(c2ccncc2)CC1)C1CCOc2ccc(OC(=O)O)cc21. The lowest BCUT2D eigenvalue weighted by Crippen LogP contribution is -2.61. The highest BCUT2D eigenvalue weighted by atomic mass is 16.7. The van der Waals surface area contributed by atoms with E-state index in [1.165, 1.54) is 31.4 Å². The quantitative estimate of drug-likeness (QED) is 0.297. The number of nitrogens with zero attached hydrogens (tertiary/aromatic N) is 3. The van der Waals surface area contributed by atoms with Crippen LogP contribution in [0.1, 0.15) is 69.4 Å². The van der Waals surface area contributed by atoms with Crippen molar-refractivity contribution in [2.24, 2.45) is 5.92 Å². The van der Waals surface area contributed by atoms with Crippen molar-refractivity contribution in [1.82, 2.24) is 4.98 Å². The van der Waals surface area contributed by atoms with Crippen LogP contribution in [-0.2, 0) is 4.79 Å². The van der Waals surface area contributed by atoms with Crippen LogP contribution in [0.3, 0.4) is 0 Å². The van der Waals surface area contributed by atoms with E-state index in [1.807, 2.05) is 24.5 Å². The lowest BCUT2D eigenvalue weighted by atomic mass is 9.89. The Bertz CT molecular complexity index is 1100. The van der Waals surface area contributed by atoms with Crippen LogP contribution in [0, 0.1) is 5.92 Å². The van der Waals surface area contributed by atoms with Gasteiger partial charge in [-0.25, -0.2) is 9.59 Å². The standard InChI is InChI=1S/C29H37N3O5/c1-32(28(33)9-6-21-4-2-3-5-21,23-12-17-31(18-13-23)22-10-15-30-16-11-22)26-14-19-36-27-8-7-24(20-25(26)27)37-29(34)35/h7-8,10-11,15-16,20-21,23,26H,2-6,9,12-14,17-19H2,1H3/p+1. The summed E-state index contributed by atoms with van der Waals surface area (Å²) >= 11 is 0. The molecule has 2 unspecified atom stereocenters. The van der Waals surface area contributed by atoms with Gasteiger partial charge in [0.25, 0.3) is 0 Å². The molecule has 8 heteroatoms. The summed E-state index contributed by atoms with van der Waals surface area (Å²) in [5.41, 5.74) is 2.04. The first kappa shape index (κ1) is 25.5. The molecule has 2 aliphatic heterocycles. The summed E-state index contributed by atoms with van der Waals surface area (Å²) < 4.78 is 11.3. The number of quaternary nitrogens is 1. The molecule has 198 valence electrons. The molecule has 1 N–H and O–H groups in total. The van der Waals surface area contributed by atoms with Crippen LogP contribution in [0.5, 0.6) is 11.5 Å². The van der Waals surface area contributed by atoms with Crippen LogP contribution in [0.4, 0.5) is 10.5 Å². The average Bonchev–Trinajstić information content (AvgIpc) is 3.45. The molecule has 2 aromatic rings. The van der Waals surface area contributed by atoms with Crippen molar-refractivity contribution in [1.29, 1.82) is 0 Å². The van der Waals surface area contributed by atoms with E-state index >= 15 is 0 Å². The summed E-state index contributed by atoms with van der Waals surface area (Å²) in [6, 6.07) is 9.32. The van der Waals surface area contributed by atoms with Crippen molar-refractivity contribution >= 4 is 17.7 Å². The lowest BCUT2D eigenvalue weighted by Gasteiger charge is -2.49. The molecule has 1 saturated heterocycles. The Labute approximate surface area is 218 Å². The van der Waals surface area contributed by atoms with E-state index in [9.17, 15) is 9.59 Å². The van der Waals surface area contributed by atoms with Crippen molar-refractivity contribution < 1.29 is 28.7 Å². The van der Waals surface area contributed by atoms with E-state index in [0.29, 0.717) is 29.8 Å². The number of amides is 1. The van der Waals surface area contributed by atoms with E-state index in [0.717, 1.165) is 43.7 Å². The maximum Gasteiger partial charge on any atom is 0.511 e. The number of pyridine rings is 1. The summed E-state index contributed by atoms with van der Waals surface area (Å²) in [6.07, 6.45) is 11.4. The van der Waals surface area contributed by atoms with Crippen LogP contribution in [0.25, 0.3) is 0 Å². The normalized spacial score (nSPS) is 22.1. The topological polar surface area (TPSA) is 89.0 Å². The molecular weight excluding hydrogens is 470 g/mol. The minimum absolute atomic E-state index is 0.102. The van der Waals surface area contributed by atoms with Crippen LogP contribution >= 0.6 is 0 Å². The molecule has 1 aromatic carbocycles. The number of anilines is 1. The number of carbonyl (C=O) groups is 2. The predicted molar refractivity (Wildman–Crippen MR) is 140 cm³/mol. The molecule has 1 saturated carbocycles. The fraction of sp³-hybridized carbons (Fsp3) is 0.552. The highest BCUT2D eigenvalue weighted by Gasteiger charge is 2.49. The van der Waals surface area contributed by atoms with Crippen molar-refractivity contribution in [3.8, 4) is 11.5 Å². The van der Waals surface area contributed by atoms with Gasteiger partial charge in [-0.3, -0.25) is 9.47 Å². The van der Waals surface area contributed by atoms with Gasteiger partial charge in [-0.05, 0) is 42.7 Å². The van der Waals surface area contributed by atoms with Gasteiger partial charge in [0.2, 0.25) is 0 Å². The van der Waals surface area contributed by atoms with E-state index in [2.05, 4.69) is 16.9 Å². The Kier molecular flexibility index (Phi) is 7.65. The summed E-state index contributed by atoms with van der Waals surface area (Å²) in [5.74, 6) is 1.93. The van der Waals surface area contributed by atoms with Crippen LogP contribution in [0.2, 0.25) is 0 Å². The van der Waals surface area contributed by atoms with Gasteiger partial charge in [0, 0.05) is 50.4 Å². The number of carboxylic acid groups (broad SMARTS) is 1. The average molecular weight is 509 g/mol. The maximum absolute atomic E-state index is 14.2. The van der Waals surface area contributed by atoms with Gasteiger partial charge in [0.1, 0.15) is 17.5 Å². The monoisotopic (exact) mass is 508 g/mol. The smallest absolute Gasteiger partial charge is 0.493 e. The molecule has 0 bridgehead atoms. The highest BCUT2D eigenvalue weighted by molar-refractivity contribution is 5.70. The number of carbonyl (C=O) groups excluding carboxylic acids is 1. The van der Waals surface area contributed by atoms with Gasteiger partial charge in [0.05, 0.1) is 31.7 Å². The Morgan fingerprint density at radius 3 is 2.51 bits per heavy atom.